The fraction of sp³-hybridized carbons (Fsp3) is 0.364. The van der Waals surface area contributed by atoms with Gasteiger partial charge in [-0.1, -0.05) is 0 Å². The topological polar surface area (TPSA) is 84.1 Å². The van der Waals surface area contributed by atoms with Crippen LogP contribution in [0, 0.1) is 0 Å². The van der Waals surface area contributed by atoms with Crippen LogP contribution in [0.3, 0.4) is 0 Å². The van der Waals surface area contributed by atoms with Crippen molar-refractivity contribution in [1.82, 2.24) is 15.3 Å². The highest BCUT2D eigenvalue weighted by Crippen LogP contribution is 2.13. The van der Waals surface area contributed by atoms with E-state index in [0.29, 0.717) is 29.2 Å². The molecule has 2 rings (SSSR count). The lowest BCUT2D eigenvalue weighted by atomic mass is 10.4. The number of nitrogens with one attached hydrogen (secondary N) is 2. The highest BCUT2D eigenvalue weighted by atomic mass is 32.1. The number of ether oxygens (including phenoxy) is 1. The number of H-pyrrole nitrogens is 1. The van der Waals surface area contributed by atoms with Gasteiger partial charge in [-0.3, -0.25) is 14.9 Å². The highest BCUT2D eigenvalue weighted by Gasteiger charge is 2.05. The number of carbonyl (C=O) groups excluding carboxylic acids is 1. The van der Waals surface area contributed by atoms with Gasteiger partial charge in [0.1, 0.15) is 10.5 Å². The summed E-state index contributed by atoms with van der Waals surface area (Å²) in [5.41, 5.74) is 0.527. The molecule has 2 heterocycles. The number of hydrogen-bond donors (Lipinski definition) is 2. The maximum atomic E-state index is 11.7. The molecule has 0 aliphatic carbocycles. The summed E-state index contributed by atoms with van der Waals surface area (Å²) in [5.74, 6) is 0.187. The average molecular weight is 267 g/mol. The Morgan fingerprint density at radius 1 is 1.61 bits per heavy atom. The minimum absolute atomic E-state index is 0.0965. The van der Waals surface area contributed by atoms with Gasteiger partial charge in [0.2, 0.25) is 0 Å². The normalized spacial score (nSPS) is 10.7. The van der Waals surface area contributed by atoms with Gasteiger partial charge in [0.15, 0.2) is 0 Å². The molecule has 2 aromatic heterocycles. The number of aromatic nitrogens is 2. The van der Waals surface area contributed by atoms with E-state index in [1.54, 1.807) is 13.0 Å². The van der Waals surface area contributed by atoms with Gasteiger partial charge in [-0.15, -0.1) is 11.3 Å². The summed E-state index contributed by atoms with van der Waals surface area (Å²) >= 11 is 1.36. The molecule has 7 heteroatoms. The van der Waals surface area contributed by atoms with Gasteiger partial charge < -0.3 is 9.72 Å². The molecular weight excluding hydrogens is 254 g/mol. The highest BCUT2D eigenvalue weighted by molar-refractivity contribution is 7.17. The van der Waals surface area contributed by atoms with Crippen LogP contribution in [0.15, 0.2) is 16.2 Å². The summed E-state index contributed by atoms with van der Waals surface area (Å²) in [7, 11) is 0. The fourth-order valence-corrected chi connectivity index (χ4v) is 2.23. The molecule has 0 aromatic carbocycles. The van der Waals surface area contributed by atoms with E-state index in [4.69, 9.17) is 4.74 Å². The zero-order valence-corrected chi connectivity index (χ0v) is 10.7. The van der Waals surface area contributed by atoms with Crippen LogP contribution in [-0.4, -0.2) is 29.1 Å². The molecule has 0 aliphatic rings. The van der Waals surface area contributed by atoms with E-state index in [2.05, 4.69) is 15.3 Å². The molecule has 0 radical (unpaired) electrons. The molecule has 18 heavy (non-hydrogen) atoms. The Morgan fingerprint density at radius 3 is 3.22 bits per heavy atom. The van der Waals surface area contributed by atoms with Crippen LogP contribution in [0.5, 0.6) is 0 Å². The SMILES string of the molecule is CCOC(=O)CNCc1nc2ccsc2c(=O)[nH]1. The van der Waals surface area contributed by atoms with E-state index in [0.717, 1.165) is 0 Å². The Labute approximate surface area is 107 Å². The number of hydrogen-bond acceptors (Lipinski definition) is 6. The summed E-state index contributed by atoms with van der Waals surface area (Å²) < 4.78 is 5.38. The first-order valence-electron chi connectivity index (χ1n) is 5.53. The number of fused-ring (bicyclic) bond motifs is 1. The molecule has 0 spiro atoms. The van der Waals surface area contributed by atoms with Crippen LogP contribution >= 0.6 is 11.3 Å². The van der Waals surface area contributed by atoms with Crippen molar-refractivity contribution in [3.8, 4) is 0 Å². The lowest BCUT2D eigenvalue weighted by Gasteiger charge is -2.04. The Morgan fingerprint density at radius 2 is 2.44 bits per heavy atom. The van der Waals surface area contributed by atoms with Gasteiger partial charge in [-0.25, -0.2) is 4.98 Å². The van der Waals surface area contributed by atoms with Crippen molar-refractivity contribution >= 4 is 27.5 Å². The Hall–Kier alpha value is -1.73. The van der Waals surface area contributed by atoms with E-state index in [1.807, 2.05) is 5.38 Å². The van der Waals surface area contributed by atoms with Crippen molar-refractivity contribution in [3.05, 3.63) is 27.6 Å². The van der Waals surface area contributed by atoms with Crippen molar-refractivity contribution in [2.45, 2.75) is 13.5 Å². The molecule has 6 nitrogen and oxygen atoms in total. The van der Waals surface area contributed by atoms with Gasteiger partial charge in [0, 0.05) is 0 Å². The van der Waals surface area contributed by atoms with Crippen molar-refractivity contribution in [2.24, 2.45) is 0 Å². The number of aromatic amines is 1. The van der Waals surface area contributed by atoms with E-state index in [-0.39, 0.29) is 18.1 Å². The number of rotatable bonds is 5. The molecule has 0 atom stereocenters. The first-order chi connectivity index (χ1) is 8.70. The van der Waals surface area contributed by atoms with Crippen molar-refractivity contribution < 1.29 is 9.53 Å². The summed E-state index contributed by atoms with van der Waals surface area (Å²) in [5, 5.41) is 4.69. The minimum Gasteiger partial charge on any atom is -0.465 e. The lowest BCUT2D eigenvalue weighted by molar-refractivity contribution is -0.142. The van der Waals surface area contributed by atoms with E-state index in [9.17, 15) is 9.59 Å². The van der Waals surface area contributed by atoms with E-state index in [1.165, 1.54) is 11.3 Å². The predicted molar refractivity (Wildman–Crippen MR) is 68.6 cm³/mol. The van der Waals surface area contributed by atoms with Gasteiger partial charge in [-0.05, 0) is 18.4 Å². The molecular formula is C11H13N3O3S. The first kappa shape index (κ1) is 12.7. The van der Waals surface area contributed by atoms with Gasteiger partial charge >= 0.3 is 5.97 Å². The third-order valence-corrected chi connectivity index (χ3v) is 3.13. The van der Waals surface area contributed by atoms with Crippen molar-refractivity contribution in [2.75, 3.05) is 13.2 Å². The Kier molecular flexibility index (Phi) is 4.06. The zero-order chi connectivity index (χ0) is 13.0. The summed E-state index contributed by atoms with van der Waals surface area (Å²) in [6.45, 7) is 2.52. The maximum Gasteiger partial charge on any atom is 0.319 e. The largest absolute Gasteiger partial charge is 0.465 e. The molecule has 2 N–H and O–H groups in total. The Balaban J connectivity index is 1.99. The summed E-state index contributed by atoms with van der Waals surface area (Å²) in [6.07, 6.45) is 0. The standard InChI is InChI=1S/C11H13N3O3S/c1-2-17-9(15)6-12-5-8-13-7-3-4-18-10(7)11(16)14-8/h3-4,12H,2,5-6H2,1H3,(H,13,14,16). The third-order valence-electron chi connectivity index (χ3n) is 2.23. The molecule has 0 amide bonds. The Bertz CT molecular complexity index is 605. The summed E-state index contributed by atoms with van der Waals surface area (Å²) in [6, 6.07) is 1.80. The fourth-order valence-electron chi connectivity index (χ4n) is 1.50. The average Bonchev–Trinajstić information content (AvgIpc) is 2.78. The quantitative estimate of drug-likeness (QED) is 0.777. The number of thiophene rings is 1. The second kappa shape index (κ2) is 5.74. The molecule has 0 bridgehead atoms. The molecule has 2 aromatic rings. The predicted octanol–water partition coefficient (Wildman–Crippen LogP) is 0.637. The van der Waals surface area contributed by atoms with Crippen molar-refractivity contribution in [1.29, 1.82) is 0 Å². The minimum atomic E-state index is -0.323. The second-order valence-electron chi connectivity index (χ2n) is 3.56. The van der Waals surface area contributed by atoms with Crippen LogP contribution < -0.4 is 10.9 Å². The van der Waals surface area contributed by atoms with E-state index >= 15 is 0 Å². The molecule has 96 valence electrons. The zero-order valence-electron chi connectivity index (χ0n) is 9.86. The molecule has 0 unspecified atom stereocenters. The van der Waals surface area contributed by atoms with Crippen molar-refractivity contribution in [3.63, 3.8) is 0 Å². The monoisotopic (exact) mass is 267 g/mol. The van der Waals surface area contributed by atoms with Crippen LogP contribution in [-0.2, 0) is 16.1 Å². The molecule has 0 aliphatic heterocycles. The van der Waals surface area contributed by atoms with Crippen LogP contribution in [0.4, 0.5) is 0 Å². The molecule has 0 fully saturated rings. The smallest absolute Gasteiger partial charge is 0.319 e. The first-order valence-corrected chi connectivity index (χ1v) is 6.41. The van der Waals surface area contributed by atoms with Gasteiger partial charge in [0.25, 0.3) is 5.56 Å². The van der Waals surface area contributed by atoms with Crippen LogP contribution in [0.2, 0.25) is 0 Å². The maximum absolute atomic E-state index is 11.7. The van der Waals surface area contributed by atoms with E-state index < -0.39 is 0 Å². The van der Waals surface area contributed by atoms with Gasteiger partial charge in [-0.2, -0.15) is 0 Å². The number of nitrogens with zero attached hydrogens (tertiary/aromatic N) is 1. The van der Waals surface area contributed by atoms with Gasteiger partial charge in [0.05, 0.1) is 25.2 Å². The van der Waals surface area contributed by atoms with Crippen LogP contribution in [0.1, 0.15) is 12.7 Å². The third kappa shape index (κ3) is 2.93. The number of esters is 1. The molecule has 0 saturated carbocycles. The number of carbonyl (C=O) groups is 1. The summed E-state index contributed by atoms with van der Waals surface area (Å²) in [4.78, 5) is 29.7. The second-order valence-corrected chi connectivity index (χ2v) is 4.47. The lowest BCUT2D eigenvalue weighted by Crippen LogP contribution is -2.26. The molecule has 0 saturated heterocycles. The van der Waals surface area contributed by atoms with Crippen LogP contribution in [0.25, 0.3) is 10.2 Å².